The lowest BCUT2D eigenvalue weighted by atomic mass is 10.1. The first-order chi connectivity index (χ1) is 16.2. The van der Waals surface area contributed by atoms with Crippen molar-refractivity contribution in [2.75, 3.05) is 6.61 Å². The van der Waals surface area contributed by atoms with Crippen molar-refractivity contribution in [2.24, 2.45) is 0 Å². The summed E-state index contributed by atoms with van der Waals surface area (Å²) in [6.07, 6.45) is 0. The lowest BCUT2D eigenvalue weighted by Gasteiger charge is -2.14. The van der Waals surface area contributed by atoms with Gasteiger partial charge in [-0.2, -0.15) is 0 Å². The highest BCUT2D eigenvalue weighted by atomic mass is 16.5. The highest BCUT2D eigenvalue weighted by Crippen LogP contribution is 2.29. The SMILES string of the molecule is CCOC(=O)Cn1c(-c2ccccc2)ccc1-c1ccc(C(=O)NCc2ccccc2)cc1. The van der Waals surface area contributed by atoms with Crippen molar-refractivity contribution in [2.45, 2.75) is 20.0 Å². The van der Waals surface area contributed by atoms with Crippen molar-refractivity contribution in [3.63, 3.8) is 0 Å². The van der Waals surface area contributed by atoms with E-state index in [2.05, 4.69) is 5.32 Å². The summed E-state index contributed by atoms with van der Waals surface area (Å²) < 4.78 is 7.15. The number of hydrogen-bond acceptors (Lipinski definition) is 3. The maximum atomic E-state index is 12.6. The predicted molar refractivity (Wildman–Crippen MR) is 130 cm³/mol. The summed E-state index contributed by atoms with van der Waals surface area (Å²) in [7, 11) is 0. The van der Waals surface area contributed by atoms with E-state index in [1.54, 1.807) is 19.1 Å². The number of carbonyl (C=O) groups is 2. The van der Waals surface area contributed by atoms with Crippen LogP contribution in [0.1, 0.15) is 22.8 Å². The van der Waals surface area contributed by atoms with Crippen LogP contribution in [0.25, 0.3) is 22.5 Å². The molecule has 33 heavy (non-hydrogen) atoms. The van der Waals surface area contributed by atoms with Gasteiger partial charge in [-0.25, -0.2) is 0 Å². The Hall–Kier alpha value is -4.12. The molecule has 1 heterocycles. The largest absolute Gasteiger partial charge is 0.465 e. The van der Waals surface area contributed by atoms with Crippen LogP contribution in [0.15, 0.2) is 97.1 Å². The molecule has 0 saturated carbocycles. The van der Waals surface area contributed by atoms with Gasteiger partial charge >= 0.3 is 5.97 Å². The number of amides is 1. The second-order valence-electron chi connectivity index (χ2n) is 7.61. The molecule has 1 aromatic heterocycles. The summed E-state index contributed by atoms with van der Waals surface area (Å²) in [5, 5.41) is 2.95. The summed E-state index contributed by atoms with van der Waals surface area (Å²) in [6, 6.07) is 31.2. The maximum Gasteiger partial charge on any atom is 0.325 e. The molecule has 3 aromatic carbocycles. The van der Waals surface area contributed by atoms with E-state index in [-0.39, 0.29) is 18.4 Å². The van der Waals surface area contributed by atoms with Crippen molar-refractivity contribution in [3.8, 4) is 22.5 Å². The molecule has 0 spiro atoms. The fourth-order valence-corrected chi connectivity index (χ4v) is 3.76. The summed E-state index contributed by atoms with van der Waals surface area (Å²) >= 11 is 0. The molecule has 0 fully saturated rings. The van der Waals surface area contributed by atoms with Crippen LogP contribution in [-0.4, -0.2) is 23.1 Å². The van der Waals surface area contributed by atoms with Gasteiger partial charge < -0.3 is 14.6 Å². The number of esters is 1. The van der Waals surface area contributed by atoms with Crippen LogP contribution in [0.2, 0.25) is 0 Å². The number of nitrogens with zero attached hydrogens (tertiary/aromatic N) is 1. The molecule has 1 N–H and O–H groups in total. The molecule has 0 atom stereocenters. The third-order valence-corrected chi connectivity index (χ3v) is 5.38. The average molecular weight is 439 g/mol. The van der Waals surface area contributed by atoms with Crippen LogP contribution in [0.4, 0.5) is 0 Å². The van der Waals surface area contributed by atoms with E-state index in [0.717, 1.165) is 28.1 Å². The molecule has 0 aliphatic carbocycles. The molecule has 4 rings (SSSR count). The van der Waals surface area contributed by atoms with Gasteiger partial charge in [-0.15, -0.1) is 0 Å². The molecule has 166 valence electrons. The number of benzene rings is 3. The van der Waals surface area contributed by atoms with E-state index in [1.165, 1.54) is 0 Å². The van der Waals surface area contributed by atoms with Gasteiger partial charge in [0.15, 0.2) is 0 Å². The fourth-order valence-electron chi connectivity index (χ4n) is 3.76. The minimum Gasteiger partial charge on any atom is -0.465 e. The maximum absolute atomic E-state index is 12.6. The molecular weight excluding hydrogens is 412 g/mol. The summed E-state index contributed by atoms with van der Waals surface area (Å²) in [6.45, 7) is 2.72. The Morgan fingerprint density at radius 3 is 1.94 bits per heavy atom. The normalized spacial score (nSPS) is 10.6. The number of hydrogen-bond donors (Lipinski definition) is 1. The van der Waals surface area contributed by atoms with E-state index in [9.17, 15) is 9.59 Å². The van der Waals surface area contributed by atoms with Gasteiger partial charge in [-0.3, -0.25) is 9.59 Å². The molecule has 1 amide bonds. The first kappa shape index (κ1) is 22.1. The Morgan fingerprint density at radius 2 is 1.33 bits per heavy atom. The van der Waals surface area contributed by atoms with Crippen molar-refractivity contribution >= 4 is 11.9 Å². The molecule has 0 aliphatic heterocycles. The molecule has 0 aliphatic rings. The highest BCUT2D eigenvalue weighted by molar-refractivity contribution is 5.94. The van der Waals surface area contributed by atoms with Crippen LogP contribution in [0.3, 0.4) is 0 Å². The third-order valence-electron chi connectivity index (χ3n) is 5.38. The minimum atomic E-state index is -0.288. The topological polar surface area (TPSA) is 60.3 Å². The molecule has 5 heteroatoms. The molecule has 0 saturated heterocycles. The van der Waals surface area contributed by atoms with E-state index < -0.39 is 0 Å². The van der Waals surface area contributed by atoms with Crippen LogP contribution in [0, 0.1) is 0 Å². The van der Waals surface area contributed by atoms with Gasteiger partial charge in [0.05, 0.1) is 6.61 Å². The Kier molecular flexibility index (Phi) is 7.00. The molecule has 0 unspecified atom stereocenters. The summed E-state index contributed by atoms with van der Waals surface area (Å²) in [4.78, 5) is 24.9. The smallest absolute Gasteiger partial charge is 0.325 e. The van der Waals surface area contributed by atoms with Crippen molar-refractivity contribution in [1.82, 2.24) is 9.88 Å². The monoisotopic (exact) mass is 438 g/mol. The predicted octanol–water partition coefficient (Wildman–Crippen LogP) is 5.32. The van der Waals surface area contributed by atoms with Gasteiger partial charge in [0, 0.05) is 23.5 Å². The number of ether oxygens (including phenoxy) is 1. The van der Waals surface area contributed by atoms with E-state index in [0.29, 0.717) is 18.7 Å². The zero-order valence-corrected chi connectivity index (χ0v) is 18.5. The third kappa shape index (κ3) is 5.39. The minimum absolute atomic E-state index is 0.111. The lowest BCUT2D eigenvalue weighted by Crippen LogP contribution is -2.22. The van der Waals surface area contributed by atoms with Crippen LogP contribution in [-0.2, 0) is 22.6 Å². The zero-order valence-electron chi connectivity index (χ0n) is 18.5. The number of rotatable bonds is 8. The number of nitrogens with one attached hydrogen (secondary N) is 1. The molecule has 0 bridgehead atoms. The molecule has 4 aromatic rings. The number of carbonyl (C=O) groups excluding carboxylic acids is 2. The molecule has 5 nitrogen and oxygen atoms in total. The molecule has 0 radical (unpaired) electrons. The number of aromatic nitrogens is 1. The van der Waals surface area contributed by atoms with Gasteiger partial charge in [0.2, 0.25) is 0 Å². The van der Waals surface area contributed by atoms with Crippen LogP contribution in [0.5, 0.6) is 0 Å². The fraction of sp³-hybridized carbons (Fsp3) is 0.143. The lowest BCUT2D eigenvalue weighted by molar-refractivity contribution is -0.143. The van der Waals surface area contributed by atoms with E-state index in [1.807, 2.05) is 89.5 Å². The second-order valence-corrected chi connectivity index (χ2v) is 7.61. The summed E-state index contributed by atoms with van der Waals surface area (Å²) in [5.41, 5.74) is 5.39. The van der Waals surface area contributed by atoms with E-state index in [4.69, 9.17) is 4.74 Å². The molecular formula is C28H26N2O3. The van der Waals surface area contributed by atoms with E-state index >= 15 is 0 Å². The Morgan fingerprint density at radius 1 is 0.758 bits per heavy atom. The van der Waals surface area contributed by atoms with Crippen molar-refractivity contribution in [1.29, 1.82) is 0 Å². The Bertz CT molecular complexity index is 1210. The Labute approximate surface area is 193 Å². The highest BCUT2D eigenvalue weighted by Gasteiger charge is 2.16. The zero-order chi connectivity index (χ0) is 23.0. The summed E-state index contributed by atoms with van der Waals surface area (Å²) in [5.74, 6) is -0.415. The van der Waals surface area contributed by atoms with Gasteiger partial charge in [-0.05, 0) is 47.9 Å². The Balaban J connectivity index is 1.57. The van der Waals surface area contributed by atoms with Crippen molar-refractivity contribution < 1.29 is 14.3 Å². The van der Waals surface area contributed by atoms with Crippen LogP contribution < -0.4 is 5.32 Å². The quantitative estimate of drug-likeness (QED) is 0.379. The second kappa shape index (κ2) is 10.5. The average Bonchev–Trinajstić information content (AvgIpc) is 3.27. The van der Waals surface area contributed by atoms with Gasteiger partial charge in [0.1, 0.15) is 6.54 Å². The first-order valence-corrected chi connectivity index (χ1v) is 11.0. The first-order valence-electron chi connectivity index (χ1n) is 11.0. The van der Waals surface area contributed by atoms with Crippen LogP contribution >= 0.6 is 0 Å². The van der Waals surface area contributed by atoms with Crippen molar-refractivity contribution in [3.05, 3.63) is 108 Å². The van der Waals surface area contributed by atoms with Gasteiger partial charge in [-0.1, -0.05) is 72.8 Å². The van der Waals surface area contributed by atoms with Gasteiger partial charge in [0.25, 0.3) is 5.91 Å². The standard InChI is InChI=1S/C28H26N2O3/c1-2-33-27(31)20-30-25(22-11-7-4-8-12-22)17-18-26(30)23-13-15-24(16-14-23)28(32)29-19-21-9-5-3-6-10-21/h3-18H,2,19-20H2,1H3,(H,29,32).